The molecule has 0 aromatic carbocycles. The smallest absolute Gasteiger partial charge is 0.308 e. The van der Waals surface area contributed by atoms with Crippen LogP contribution in [0.3, 0.4) is 0 Å². The Balaban J connectivity index is 3.29. The maximum absolute atomic E-state index is 10.9. The molecule has 0 fully saturated rings. The second-order valence-corrected chi connectivity index (χ2v) is 2.90. The molecule has 4 heteroatoms. The molecule has 0 saturated heterocycles. The van der Waals surface area contributed by atoms with Crippen LogP contribution in [0.15, 0.2) is 0 Å². The number of hydrogen-bond acceptors (Lipinski definition) is 4. The van der Waals surface area contributed by atoms with Gasteiger partial charge in [0, 0.05) is 6.61 Å². The van der Waals surface area contributed by atoms with Crippen LogP contribution in [0, 0.1) is 0 Å². The van der Waals surface area contributed by atoms with E-state index >= 15 is 0 Å². The van der Waals surface area contributed by atoms with Gasteiger partial charge >= 0.3 is 5.97 Å². The van der Waals surface area contributed by atoms with Crippen LogP contribution in [0.2, 0.25) is 0 Å². The molecule has 1 atom stereocenters. The number of carbonyl (C=O) groups excluding carboxylic acids is 1. The second-order valence-electron chi connectivity index (χ2n) is 2.90. The highest BCUT2D eigenvalue weighted by Crippen LogP contribution is 1.95. The third-order valence-electron chi connectivity index (χ3n) is 1.57. The largest absolute Gasteiger partial charge is 0.466 e. The lowest BCUT2D eigenvalue weighted by Gasteiger charge is -2.12. The van der Waals surface area contributed by atoms with Crippen molar-refractivity contribution in [2.45, 2.75) is 33.3 Å². The van der Waals surface area contributed by atoms with Crippen LogP contribution in [0.25, 0.3) is 0 Å². The Hall–Kier alpha value is -0.610. The first-order chi connectivity index (χ1) is 6.70. The SMILES string of the molecule is CCOCC(C)OCCC(=O)OCC. The first kappa shape index (κ1) is 13.4. The average Bonchev–Trinajstić information content (AvgIpc) is 2.15. The first-order valence-electron chi connectivity index (χ1n) is 5.05. The van der Waals surface area contributed by atoms with Crippen molar-refractivity contribution in [2.24, 2.45) is 0 Å². The lowest BCUT2D eigenvalue weighted by atomic mass is 10.4. The molecule has 0 aliphatic heterocycles. The third kappa shape index (κ3) is 8.01. The van der Waals surface area contributed by atoms with Crippen molar-refractivity contribution < 1.29 is 19.0 Å². The van der Waals surface area contributed by atoms with Crippen LogP contribution in [-0.2, 0) is 19.0 Å². The molecule has 0 spiro atoms. The summed E-state index contributed by atoms with van der Waals surface area (Å²) < 4.78 is 15.2. The number of ether oxygens (including phenoxy) is 3. The van der Waals surface area contributed by atoms with Gasteiger partial charge in [0.05, 0.1) is 32.3 Å². The zero-order valence-electron chi connectivity index (χ0n) is 9.25. The van der Waals surface area contributed by atoms with Gasteiger partial charge in [-0.2, -0.15) is 0 Å². The number of carbonyl (C=O) groups is 1. The standard InChI is InChI=1S/C10H20O4/c1-4-12-8-9(3)14-7-6-10(11)13-5-2/h9H,4-8H2,1-3H3. The van der Waals surface area contributed by atoms with Crippen LogP contribution >= 0.6 is 0 Å². The van der Waals surface area contributed by atoms with Crippen LogP contribution in [0.4, 0.5) is 0 Å². The predicted octanol–water partition coefficient (Wildman–Crippen LogP) is 1.38. The topological polar surface area (TPSA) is 44.8 Å². The van der Waals surface area contributed by atoms with Crippen LogP contribution < -0.4 is 0 Å². The Morgan fingerprint density at radius 3 is 2.57 bits per heavy atom. The maximum Gasteiger partial charge on any atom is 0.308 e. The average molecular weight is 204 g/mol. The predicted molar refractivity (Wildman–Crippen MR) is 53.2 cm³/mol. The molecule has 0 heterocycles. The normalized spacial score (nSPS) is 12.5. The Morgan fingerprint density at radius 1 is 1.29 bits per heavy atom. The molecule has 0 aromatic rings. The Labute approximate surface area is 85.5 Å². The molecule has 84 valence electrons. The minimum Gasteiger partial charge on any atom is -0.466 e. The zero-order chi connectivity index (χ0) is 10.8. The van der Waals surface area contributed by atoms with Crippen molar-refractivity contribution in [3.05, 3.63) is 0 Å². The van der Waals surface area contributed by atoms with Gasteiger partial charge in [-0.25, -0.2) is 0 Å². The number of hydrogen-bond donors (Lipinski definition) is 0. The summed E-state index contributed by atoms with van der Waals surface area (Å²) in [5.41, 5.74) is 0. The van der Waals surface area contributed by atoms with E-state index in [-0.39, 0.29) is 12.1 Å². The molecule has 14 heavy (non-hydrogen) atoms. The Bertz CT molecular complexity index is 147. The Kier molecular flexibility index (Phi) is 8.57. The van der Waals surface area contributed by atoms with Gasteiger partial charge in [-0.1, -0.05) is 0 Å². The third-order valence-corrected chi connectivity index (χ3v) is 1.57. The molecular formula is C10H20O4. The van der Waals surface area contributed by atoms with E-state index in [0.29, 0.717) is 32.8 Å². The quantitative estimate of drug-likeness (QED) is 0.560. The van der Waals surface area contributed by atoms with E-state index in [4.69, 9.17) is 14.2 Å². The molecule has 0 aliphatic carbocycles. The van der Waals surface area contributed by atoms with E-state index in [1.165, 1.54) is 0 Å². The lowest BCUT2D eigenvalue weighted by molar-refractivity contribution is -0.145. The van der Waals surface area contributed by atoms with E-state index in [0.717, 1.165) is 0 Å². The zero-order valence-corrected chi connectivity index (χ0v) is 9.25. The second kappa shape index (κ2) is 8.97. The fourth-order valence-corrected chi connectivity index (χ4v) is 0.909. The minimum absolute atomic E-state index is 0.0318. The molecule has 0 rings (SSSR count). The highest BCUT2D eigenvalue weighted by atomic mass is 16.5. The van der Waals surface area contributed by atoms with Gasteiger partial charge in [-0.15, -0.1) is 0 Å². The van der Waals surface area contributed by atoms with E-state index in [1.54, 1.807) is 6.92 Å². The number of esters is 1. The van der Waals surface area contributed by atoms with Crippen molar-refractivity contribution in [3.63, 3.8) is 0 Å². The summed E-state index contributed by atoms with van der Waals surface area (Å²) in [6.45, 7) is 7.72. The molecule has 0 aliphatic rings. The van der Waals surface area contributed by atoms with Crippen LogP contribution in [0.5, 0.6) is 0 Å². The fraction of sp³-hybridized carbons (Fsp3) is 0.900. The summed E-state index contributed by atoms with van der Waals surface area (Å²) in [7, 11) is 0. The van der Waals surface area contributed by atoms with Crippen molar-refractivity contribution in [3.8, 4) is 0 Å². The first-order valence-corrected chi connectivity index (χ1v) is 5.05. The maximum atomic E-state index is 10.9. The minimum atomic E-state index is -0.212. The highest BCUT2D eigenvalue weighted by molar-refractivity contribution is 5.69. The molecule has 0 saturated carbocycles. The van der Waals surface area contributed by atoms with Gasteiger partial charge < -0.3 is 14.2 Å². The summed E-state index contributed by atoms with van der Waals surface area (Å²) in [6.07, 6.45) is 0.342. The van der Waals surface area contributed by atoms with E-state index in [9.17, 15) is 4.79 Å². The lowest BCUT2D eigenvalue weighted by Crippen LogP contribution is -2.18. The van der Waals surface area contributed by atoms with Gasteiger partial charge in [0.15, 0.2) is 0 Å². The van der Waals surface area contributed by atoms with E-state index in [1.807, 2.05) is 13.8 Å². The van der Waals surface area contributed by atoms with Crippen molar-refractivity contribution in [1.82, 2.24) is 0 Å². The molecule has 0 bridgehead atoms. The molecule has 0 radical (unpaired) electrons. The molecule has 1 unspecified atom stereocenters. The van der Waals surface area contributed by atoms with Crippen molar-refractivity contribution >= 4 is 5.97 Å². The summed E-state index contributed by atoms with van der Waals surface area (Å²) in [5, 5.41) is 0. The number of rotatable bonds is 8. The molecule has 4 nitrogen and oxygen atoms in total. The monoisotopic (exact) mass is 204 g/mol. The molecule has 0 aromatic heterocycles. The summed E-state index contributed by atoms with van der Waals surface area (Å²) in [4.78, 5) is 10.9. The van der Waals surface area contributed by atoms with E-state index < -0.39 is 0 Å². The van der Waals surface area contributed by atoms with Crippen LogP contribution in [0.1, 0.15) is 27.2 Å². The summed E-state index contributed by atoms with van der Waals surface area (Å²) >= 11 is 0. The molecule has 0 N–H and O–H groups in total. The summed E-state index contributed by atoms with van der Waals surface area (Å²) in [6, 6.07) is 0. The van der Waals surface area contributed by atoms with Crippen molar-refractivity contribution in [1.29, 1.82) is 0 Å². The Morgan fingerprint density at radius 2 is 2.00 bits per heavy atom. The summed E-state index contributed by atoms with van der Waals surface area (Å²) in [5.74, 6) is -0.212. The van der Waals surface area contributed by atoms with Gasteiger partial charge in [-0.05, 0) is 20.8 Å². The molecule has 0 amide bonds. The van der Waals surface area contributed by atoms with Crippen LogP contribution in [-0.4, -0.2) is 38.5 Å². The van der Waals surface area contributed by atoms with Gasteiger partial charge in [-0.3, -0.25) is 4.79 Å². The molecular weight excluding hydrogens is 184 g/mol. The van der Waals surface area contributed by atoms with Gasteiger partial charge in [0.25, 0.3) is 0 Å². The van der Waals surface area contributed by atoms with E-state index in [2.05, 4.69) is 0 Å². The van der Waals surface area contributed by atoms with Gasteiger partial charge in [0.1, 0.15) is 0 Å². The van der Waals surface area contributed by atoms with Crippen molar-refractivity contribution in [2.75, 3.05) is 26.4 Å². The fourth-order valence-electron chi connectivity index (χ4n) is 0.909. The van der Waals surface area contributed by atoms with Gasteiger partial charge in [0.2, 0.25) is 0 Å². The highest BCUT2D eigenvalue weighted by Gasteiger charge is 2.05.